The van der Waals surface area contributed by atoms with E-state index >= 15 is 0 Å². The van der Waals surface area contributed by atoms with Crippen molar-refractivity contribution >= 4 is 27.6 Å². The summed E-state index contributed by atoms with van der Waals surface area (Å²) in [7, 11) is -4.01. The van der Waals surface area contributed by atoms with Crippen LogP contribution in [0.3, 0.4) is 0 Å². The van der Waals surface area contributed by atoms with E-state index in [2.05, 4.69) is 10.0 Å². The topological polar surface area (TPSA) is 122 Å². The highest BCUT2D eigenvalue weighted by molar-refractivity contribution is 7.92. The number of rotatable bonds is 10. The maximum Gasteiger partial charge on any atom is 0.341 e. The lowest BCUT2D eigenvalue weighted by Crippen LogP contribution is -2.27. The van der Waals surface area contributed by atoms with Gasteiger partial charge in [0.15, 0.2) is 6.61 Å². The van der Waals surface area contributed by atoms with Gasteiger partial charge in [-0.3, -0.25) is 9.52 Å². The van der Waals surface area contributed by atoms with Crippen molar-refractivity contribution in [3.63, 3.8) is 0 Å². The molecule has 0 fully saturated rings. The number of carbonyl (C=O) groups excluding carboxylic acids is 1. The summed E-state index contributed by atoms with van der Waals surface area (Å²) >= 11 is 0. The molecule has 3 rings (SSSR count). The lowest BCUT2D eigenvalue weighted by molar-refractivity contribution is -0.139. The number of hydrogen-bond acceptors (Lipinski definition) is 5. The summed E-state index contributed by atoms with van der Waals surface area (Å²) in [5.41, 5.74) is 1.90. The molecule has 1 amide bonds. The quantitative estimate of drug-likeness (QED) is 0.420. The summed E-state index contributed by atoms with van der Waals surface area (Å²) < 4.78 is 33.5. The van der Waals surface area contributed by atoms with E-state index in [1.165, 1.54) is 24.3 Å². The molecule has 3 aromatic rings. The number of nitrogens with one attached hydrogen (secondary N) is 2. The van der Waals surface area contributed by atoms with Crippen LogP contribution in [0.1, 0.15) is 21.5 Å². The Balaban J connectivity index is 1.72. The molecular formula is C24H24N2O6S. The number of para-hydroxylation sites is 1. The van der Waals surface area contributed by atoms with Gasteiger partial charge in [-0.05, 0) is 54.8 Å². The average molecular weight is 469 g/mol. The number of carboxylic acid groups (broad SMARTS) is 1. The molecule has 0 radical (unpaired) electrons. The third-order valence-corrected chi connectivity index (χ3v) is 6.13. The van der Waals surface area contributed by atoms with Crippen molar-refractivity contribution < 1.29 is 27.9 Å². The Kier molecular flexibility index (Phi) is 7.68. The number of anilines is 1. The van der Waals surface area contributed by atoms with Crippen molar-refractivity contribution in [3.05, 3.63) is 89.5 Å². The fourth-order valence-corrected chi connectivity index (χ4v) is 4.29. The second kappa shape index (κ2) is 10.6. The Morgan fingerprint density at radius 2 is 1.67 bits per heavy atom. The van der Waals surface area contributed by atoms with Gasteiger partial charge in [-0.2, -0.15) is 0 Å². The van der Waals surface area contributed by atoms with E-state index < -0.39 is 28.5 Å². The molecule has 33 heavy (non-hydrogen) atoms. The number of carbonyl (C=O) groups is 2. The molecule has 0 saturated heterocycles. The highest BCUT2D eigenvalue weighted by Crippen LogP contribution is 2.25. The van der Waals surface area contributed by atoms with Crippen LogP contribution < -0.4 is 14.8 Å². The van der Waals surface area contributed by atoms with Crippen LogP contribution in [-0.4, -0.2) is 38.6 Å². The Hall–Kier alpha value is -3.85. The molecule has 0 aliphatic rings. The smallest absolute Gasteiger partial charge is 0.341 e. The number of aliphatic carboxylic acids is 1. The third kappa shape index (κ3) is 6.56. The zero-order valence-electron chi connectivity index (χ0n) is 17.9. The molecular weight excluding hydrogens is 444 g/mol. The molecule has 0 bridgehead atoms. The monoisotopic (exact) mass is 468 g/mol. The highest BCUT2D eigenvalue weighted by atomic mass is 32.2. The molecule has 0 heterocycles. The lowest BCUT2D eigenvalue weighted by Gasteiger charge is -2.14. The molecule has 0 saturated carbocycles. The number of aryl methyl sites for hydroxylation is 1. The normalized spacial score (nSPS) is 10.9. The van der Waals surface area contributed by atoms with Crippen molar-refractivity contribution in [3.8, 4) is 5.75 Å². The minimum absolute atomic E-state index is 0.0398. The van der Waals surface area contributed by atoms with E-state index in [1.54, 1.807) is 25.1 Å². The van der Waals surface area contributed by atoms with Gasteiger partial charge in [-0.1, -0.05) is 42.5 Å². The first kappa shape index (κ1) is 23.8. The van der Waals surface area contributed by atoms with E-state index in [1.807, 2.05) is 30.3 Å². The number of hydrogen-bond donors (Lipinski definition) is 3. The number of ether oxygens (including phenoxy) is 1. The van der Waals surface area contributed by atoms with Crippen molar-refractivity contribution in [1.82, 2.24) is 5.32 Å². The van der Waals surface area contributed by atoms with Crippen LogP contribution in [0, 0.1) is 6.92 Å². The summed E-state index contributed by atoms with van der Waals surface area (Å²) in [6, 6.07) is 20.1. The molecule has 3 aromatic carbocycles. The van der Waals surface area contributed by atoms with Gasteiger partial charge in [0.25, 0.3) is 15.9 Å². The first-order valence-corrected chi connectivity index (χ1v) is 11.6. The zero-order chi connectivity index (χ0) is 23.8. The zero-order valence-corrected chi connectivity index (χ0v) is 18.8. The van der Waals surface area contributed by atoms with Crippen LogP contribution in [0.15, 0.2) is 77.7 Å². The average Bonchev–Trinajstić information content (AvgIpc) is 2.79. The van der Waals surface area contributed by atoms with Gasteiger partial charge in [-0.15, -0.1) is 0 Å². The predicted molar refractivity (Wildman–Crippen MR) is 124 cm³/mol. The van der Waals surface area contributed by atoms with Gasteiger partial charge in [0.2, 0.25) is 0 Å². The second-order valence-electron chi connectivity index (χ2n) is 7.25. The molecule has 0 aromatic heterocycles. The molecule has 8 nitrogen and oxygen atoms in total. The maximum atomic E-state index is 12.9. The van der Waals surface area contributed by atoms with Gasteiger partial charge < -0.3 is 15.2 Å². The Morgan fingerprint density at radius 1 is 0.970 bits per heavy atom. The molecule has 0 spiro atoms. The van der Waals surface area contributed by atoms with Crippen molar-refractivity contribution in [2.75, 3.05) is 17.9 Å². The van der Waals surface area contributed by atoms with Crippen LogP contribution in [0.25, 0.3) is 0 Å². The molecule has 0 aliphatic heterocycles. The molecule has 0 atom stereocenters. The number of sulfonamides is 1. The first-order valence-electron chi connectivity index (χ1n) is 10.2. The van der Waals surface area contributed by atoms with Gasteiger partial charge in [0.1, 0.15) is 5.75 Å². The van der Waals surface area contributed by atoms with Gasteiger partial charge >= 0.3 is 5.97 Å². The lowest BCUT2D eigenvalue weighted by atomic mass is 10.1. The van der Waals surface area contributed by atoms with Gasteiger partial charge in [-0.25, -0.2) is 13.2 Å². The van der Waals surface area contributed by atoms with Crippen LogP contribution in [0.4, 0.5) is 5.69 Å². The van der Waals surface area contributed by atoms with Gasteiger partial charge in [0, 0.05) is 6.54 Å². The van der Waals surface area contributed by atoms with E-state index in [-0.39, 0.29) is 21.9 Å². The SMILES string of the molecule is Cc1cc(S(=O)(=O)Nc2ccccc2C(=O)NCCc2ccccc2)ccc1OCC(=O)O. The number of amides is 1. The fourth-order valence-electron chi connectivity index (χ4n) is 3.12. The highest BCUT2D eigenvalue weighted by Gasteiger charge is 2.19. The molecule has 9 heteroatoms. The summed E-state index contributed by atoms with van der Waals surface area (Å²) in [4.78, 5) is 23.3. The largest absolute Gasteiger partial charge is 0.482 e. The van der Waals surface area contributed by atoms with Crippen molar-refractivity contribution in [2.45, 2.75) is 18.2 Å². The Labute approximate surface area is 192 Å². The molecule has 172 valence electrons. The van der Waals surface area contributed by atoms with E-state index in [0.29, 0.717) is 18.5 Å². The van der Waals surface area contributed by atoms with E-state index in [4.69, 9.17) is 9.84 Å². The summed E-state index contributed by atoms with van der Waals surface area (Å²) in [6.45, 7) is 1.49. The molecule has 0 unspecified atom stereocenters. The summed E-state index contributed by atoms with van der Waals surface area (Å²) in [5, 5.41) is 11.5. The minimum atomic E-state index is -4.01. The predicted octanol–water partition coefficient (Wildman–Crippen LogP) is 3.23. The van der Waals surface area contributed by atoms with Crippen molar-refractivity contribution in [1.29, 1.82) is 0 Å². The van der Waals surface area contributed by atoms with Crippen LogP contribution >= 0.6 is 0 Å². The van der Waals surface area contributed by atoms with E-state index in [0.717, 1.165) is 5.56 Å². The Morgan fingerprint density at radius 3 is 2.36 bits per heavy atom. The van der Waals surface area contributed by atoms with E-state index in [9.17, 15) is 18.0 Å². The maximum absolute atomic E-state index is 12.9. The summed E-state index contributed by atoms with van der Waals surface area (Å²) in [6.07, 6.45) is 0.649. The van der Waals surface area contributed by atoms with Crippen LogP contribution in [0.2, 0.25) is 0 Å². The van der Waals surface area contributed by atoms with Crippen LogP contribution in [0.5, 0.6) is 5.75 Å². The standard InChI is InChI=1S/C24H24N2O6S/c1-17-15-19(11-12-22(17)32-16-23(27)28)33(30,31)26-21-10-6-5-9-20(21)24(29)25-14-13-18-7-3-2-4-8-18/h2-12,15,26H,13-14,16H2,1H3,(H,25,29)(H,27,28). The Bertz CT molecular complexity index is 1240. The molecule has 3 N–H and O–H groups in total. The molecule has 0 aliphatic carbocycles. The summed E-state index contributed by atoms with van der Waals surface area (Å²) in [5.74, 6) is -1.25. The van der Waals surface area contributed by atoms with Crippen LogP contribution in [-0.2, 0) is 21.2 Å². The number of carboxylic acids is 1. The number of benzene rings is 3. The minimum Gasteiger partial charge on any atom is -0.482 e. The second-order valence-corrected chi connectivity index (χ2v) is 8.93. The van der Waals surface area contributed by atoms with Crippen molar-refractivity contribution in [2.24, 2.45) is 0 Å². The third-order valence-electron chi connectivity index (χ3n) is 4.77. The fraction of sp³-hybridized carbons (Fsp3) is 0.167. The van der Waals surface area contributed by atoms with Gasteiger partial charge in [0.05, 0.1) is 16.1 Å². The first-order chi connectivity index (χ1) is 15.8.